The predicted octanol–water partition coefficient (Wildman–Crippen LogP) is 5.54. The molecule has 224 valence electrons. The van der Waals surface area contributed by atoms with E-state index in [9.17, 15) is 18.0 Å². The van der Waals surface area contributed by atoms with Crippen LogP contribution in [0.4, 0.5) is 24.9 Å². The van der Waals surface area contributed by atoms with Gasteiger partial charge < -0.3 is 25.4 Å². The highest BCUT2D eigenvalue weighted by molar-refractivity contribution is 5.76. The highest BCUT2D eigenvalue weighted by Crippen LogP contribution is 2.42. The van der Waals surface area contributed by atoms with Crippen molar-refractivity contribution in [3.63, 3.8) is 0 Å². The Morgan fingerprint density at radius 2 is 1.76 bits per heavy atom. The molecular weight excluding hydrogens is 547 g/mol. The maximum Gasteiger partial charge on any atom is 0.429 e. The molecule has 2 aliphatic rings. The molecule has 2 saturated heterocycles. The minimum Gasteiger partial charge on any atom is -0.465 e. The third kappa shape index (κ3) is 6.46. The van der Waals surface area contributed by atoms with Gasteiger partial charge in [0.25, 0.3) is 0 Å². The Morgan fingerprint density at radius 1 is 1.07 bits per heavy atom. The first-order chi connectivity index (χ1) is 20.0. The fourth-order valence-electron chi connectivity index (χ4n) is 5.79. The van der Waals surface area contributed by atoms with Crippen LogP contribution in [0.3, 0.4) is 0 Å². The molecule has 0 aliphatic carbocycles. The number of benzene rings is 2. The van der Waals surface area contributed by atoms with Gasteiger partial charge in [-0.1, -0.05) is 42.5 Å². The van der Waals surface area contributed by atoms with E-state index in [-0.39, 0.29) is 34.8 Å². The topological polar surface area (TPSA) is 103 Å². The van der Waals surface area contributed by atoms with Crippen molar-refractivity contribution >= 4 is 17.7 Å². The summed E-state index contributed by atoms with van der Waals surface area (Å²) in [5.41, 5.74) is 9.82. The summed E-state index contributed by atoms with van der Waals surface area (Å²) >= 11 is 0. The average molecular weight is 584 g/mol. The van der Waals surface area contributed by atoms with Crippen LogP contribution in [0.25, 0.3) is 11.1 Å². The molecule has 0 amide bonds. The first-order valence-corrected chi connectivity index (χ1v) is 14.2. The minimum absolute atomic E-state index is 0.0429. The lowest BCUT2D eigenvalue weighted by Crippen LogP contribution is -2.41. The number of carbonyl (C=O) groups excluding carboxylic acids is 1. The standard InChI is InChI=1S/C31H36F3N5O3/c1-4-41-28(40)24-17-30(18-36-24)11-13-39(14-12-30)25-16-26(38-29(35)37-25)42-27(31(32,33)34)22-9-7-21(8-10-22)23-6-5-19(2)20(3)15-23/h5-10,15-16,24,27,36H,4,11-14,17-18H2,1-3H3,(H2,35,37,38)/t24-,27+/m0/s1. The number of aromatic nitrogens is 2. The molecule has 11 heteroatoms. The van der Waals surface area contributed by atoms with Crippen LogP contribution in [-0.4, -0.2) is 54.4 Å². The van der Waals surface area contributed by atoms with E-state index in [2.05, 4.69) is 15.3 Å². The number of esters is 1. The van der Waals surface area contributed by atoms with E-state index in [0.29, 0.717) is 38.5 Å². The van der Waals surface area contributed by atoms with Gasteiger partial charge in [0, 0.05) is 31.3 Å². The van der Waals surface area contributed by atoms with Crippen LogP contribution in [0.1, 0.15) is 49.0 Å². The molecule has 2 fully saturated rings. The molecular formula is C31H36F3N5O3. The smallest absolute Gasteiger partial charge is 0.429 e. The molecule has 0 bridgehead atoms. The van der Waals surface area contributed by atoms with Crippen LogP contribution in [0.15, 0.2) is 48.5 Å². The number of nitrogen functional groups attached to an aromatic ring is 1. The molecule has 0 saturated carbocycles. The van der Waals surface area contributed by atoms with Crippen LogP contribution in [0, 0.1) is 19.3 Å². The van der Waals surface area contributed by atoms with E-state index in [1.54, 1.807) is 19.1 Å². The van der Waals surface area contributed by atoms with E-state index in [1.807, 2.05) is 36.9 Å². The number of hydrogen-bond acceptors (Lipinski definition) is 8. The molecule has 8 nitrogen and oxygen atoms in total. The number of carbonyl (C=O) groups is 1. The zero-order valence-corrected chi connectivity index (χ0v) is 24.0. The molecule has 3 N–H and O–H groups in total. The predicted molar refractivity (Wildman–Crippen MR) is 154 cm³/mol. The average Bonchev–Trinajstić information content (AvgIpc) is 3.36. The zero-order valence-electron chi connectivity index (χ0n) is 24.0. The van der Waals surface area contributed by atoms with Gasteiger partial charge in [-0.2, -0.15) is 23.1 Å². The number of aryl methyl sites for hydroxylation is 2. The summed E-state index contributed by atoms with van der Waals surface area (Å²) in [5, 5.41) is 3.28. The molecule has 0 unspecified atom stereocenters. The summed E-state index contributed by atoms with van der Waals surface area (Å²) in [6.07, 6.45) is -4.66. The molecule has 0 radical (unpaired) electrons. The monoisotopic (exact) mass is 583 g/mol. The molecule has 3 aromatic rings. The number of alkyl halides is 3. The molecule has 42 heavy (non-hydrogen) atoms. The molecule has 1 spiro atoms. The van der Waals surface area contributed by atoms with Gasteiger partial charge in [0.05, 0.1) is 6.61 Å². The number of anilines is 2. The number of piperidine rings is 1. The van der Waals surface area contributed by atoms with E-state index in [0.717, 1.165) is 35.1 Å². The SMILES string of the molecule is CCOC(=O)[C@@H]1CC2(CCN(c3cc(O[C@H](c4ccc(-c5ccc(C)c(C)c5)cc4)C(F)(F)F)nc(N)n3)CC2)CN1. The Labute approximate surface area is 243 Å². The quantitative estimate of drug-likeness (QED) is 0.350. The maximum absolute atomic E-state index is 14.2. The van der Waals surface area contributed by atoms with E-state index in [1.165, 1.54) is 18.2 Å². The van der Waals surface area contributed by atoms with Crippen molar-refractivity contribution in [3.8, 4) is 17.0 Å². The van der Waals surface area contributed by atoms with Crippen LogP contribution < -0.4 is 20.7 Å². The van der Waals surface area contributed by atoms with Gasteiger partial charge >= 0.3 is 12.1 Å². The van der Waals surface area contributed by atoms with Crippen molar-refractivity contribution in [1.29, 1.82) is 0 Å². The number of halogens is 3. The highest BCUT2D eigenvalue weighted by Gasteiger charge is 2.45. The minimum atomic E-state index is -4.69. The fraction of sp³-hybridized carbons (Fsp3) is 0.452. The molecule has 5 rings (SSSR count). The van der Waals surface area contributed by atoms with Crippen molar-refractivity contribution in [2.24, 2.45) is 5.41 Å². The first-order valence-electron chi connectivity index (χ1n) is 14.2. The second-order valence-electron chi connectivity index (χ2n) is 11.3. The Bertz CT molecular complexity index is 1420. The lowest BCUT2D eigenvalue weighted by molar-refractivity contribution is -0.198. The Balaban J connectivity index is 1.30. The second kappa shape index (κ2) is 11.8. The lowest BCUT2D eigenvalue weighted by Gasteiger charge is -2.39. The van der Waals surface area contributed by atoms with Crippen molar-refractivity contribution in [3.05, 3.63) is 65.2 Å². The highest BCUT2D eigenvalue weighted by atomic mass is 19.4. The van der Waals surface area contributed by atoms with Gasteiger partial charge in [-0.3, -0.25) is 4.79 Å². The molecule has 2 aromatic carbocycles. The number of ether oxygens (including phenoxy) is 2. The summed E-state index contributed by atoms with van der Waals surface area (Å²) in [7, 11) is 0. The summed E-state index contributed by atoms with van der Waals surface area (Å²) < 4.78 is 53.3. The van der Waals surface area contributed by atoms with Gasteiger partial charge in [-0.25, -0.2) is 0 Å². The van der Waals surface area contributed by atoms with E-state index in [4.69, 9.17) is 15.2 Å². The van der Waals surface area contributed by atoms with Crippen molar-refractivity contribution in [2.45, 2.75) is 58.4 Å². The van der Waals surface area contributed by atoms with Crippen LogP contribution in [0.2, 0.25) is 0 Å². The number of hydrogen-bond donors (Lipinski definition) is 2. The van der Waals surface area contributed by atoms with Crippen LogP contribution >= 0.6 is 0 Å². The maximum atomic E-state index is 14.2. The normalized spacial score (nSPS) is 19.1. The Morgan fingerprint density at radius 3 is 2.40 bits per heavy atom. The Kier molecular flexibility index (Phi) is 8.32. The van der Waals surface area contributed by atoms with Crippen molar-refractivity contribution in [1.82, 2.24) is 15.3 Å². The van der Waals surface area contributed by atoms with E-state index >= 15 is 0 Å². The summed E-state index contributed by atoms with van der Waals surface area (Å²) in [5.74, 6) is -0.241. The molecule has 3 heterocycles. The number of rotatable bonds is 7. The summed E-state index contributed by atoms with van der Waals surface area (Å²) in [6.45, 7) is 8.05. The summed E-state index contributed by atoms with van der Waals surface area (Å²) in [6, 6.07) is 13.2. The van der Waals surface area contributed by atoms with Crippen LogP contribution in [0.5, 0.6) is 5.88 Å². The Hall–Kier alpha value is -3.86. The first kappa shape index (κ1) is 29.6. The van der Waals surface area contributed by atoms with Crippen LogP contribution in [-0.2, 0) is 9.53 Å². The van der Waals surface area contributed by atoms with Gasteiger partial charge in [-0.15, -0.1) is 0 Å². The molecule has 2 aliphatic heterocycles. The lowest BCUT2D eigenvalue weighted by atomic mass is 9.76. The van der Waals surface area contributed by atoms with Gasteiger partial charge in [-0.05, 0) is 67.7 Å². The van der Waals surface area contributed by atoms with Crippen molar-refractivity contribution in [2.75, 3.05) is 36.9 Å². The number of nitrogens with one attached hydrogen (secondary N) is 1. The zero-order chi connectivity index (χ0) is 30.1. The number of nitrogens with two attached hydrogens (primary N) is 1. The molecule has 1 aromatic heterocycles. The summed E-state index contributed by atoms with van der Waals surface area (Å²) in [4.78, 5) is 22.4. The fourth-order valence-corrected chi connectivity index (χ4v) is 5.79. The van der Waals surface area contributed by atoms with Crippen molar-refractivity contribution < 1.29 is 27.4 Å². The van der Waals surface area contributed by atoms with Gasteiger partial charge in [0.15, 0.2) is 0 Å². The van der Waals surface area contributed by atoms with E-state index < -0.39 is 12.3 Å². The van der Waals surface area contributed by atoms with Gasteiger partial charge in [0.2, 0.25) is 17.9 Å². The second-order valence-corrected chi connectivity index (χ2v) is 11.3. The largest absolute Gasteiger partial charge is 0.465 e. The third-order valence-corrected chi connectivity index (χ3v) is 8.38. The third-order valence-electron chi connectivity index (χ3n) is 8.38. The molecule has 2 atom stereocenters. The van der Waals surface area contributed by atoms with Gasteiger partial charge in [0.1, 0.15) is 11.9 Å². The number of nitrogens with zero attached hydrogens (tertiary/aromatic N) is 3.